The smallest absolute Gasteiger partial charge is 0.257 e. The van der Waals surface area contributed by atoms with Crippen molar-refractivity contribution in [3.63, 3.8) is 0 Å². The summed E-state index contributed by atoms with van der Waals surface area (Å²) in [6.07, 6.45) is 1.63. The highest BCUT2D eigenvalue weighted by molar-refractivity contribution is 7.68. The van der Waals surface area contributed by atoms with Crippen LogP contribution >= 0.6 is 18.9 Å². The van der Waals surface area contributed by atoms with Crippen LogP contribution in [0.25, 0.3) is 27.8 Å². The molecular weight excluding hydrogens is 443 g/mol. The second-order valence-electron chi connectivity index (χ2n) is 7.74. The van der Waals surface area contributed by atoms with Gasteiger partial charge in [0.1, 0.15) is 12.1 Å². The number of nitrogens with two attached hydrogens (primary N) is 1. The van der Waals surface area contributed by atoms with Crippen molar-refractivity contribution in [2.45, 2.75) is 0 Å². The maximum atomic E-state index is 12.1. The fraction of sp³-hybridized carbons (Fsp3) is 0.0870. The van der Waals surface area contributed by atoms with E-state index >= 15 is 0 Å². The van der Waals surface area contributed by atoms with Gasteiger partial charge in [-0.05, 0) is 53.6 Å². The highest BCUT2D eigenvalue weighted by Gasteiger charge is 2.16. The summed E-state index contributed by atoms with van der Waals surface area (Å²) in [6.45, 7) is 1.56. The Bertz CT molecular complexity index is 1510. The maximum Gasteiger partial charge on any atom is 0.257 e. The second-order valence-corrected chi connectivity index (χ2v) is 10.7. The molecule has 32 heavy (non-hydrogen) atoms. The number of hydrogen-bond donors (Lipinski definition) is 1. The molecule has 1 atom stereocenters. The lowest BCUT2D eigenvalue weighted by atomic mass is 10.0. The Morgan fingerprint density at radius 3 is 2.56 bits per heavy atom. The third kappa shape index (κ3) is 3.65. The Balaban J connectivity index is 1.59. The van der Waals surface area contributed by atoms with E-state index in [4.69, 9.17) is 22.1 Å². The van der Waals surface area contributed by atoms with Gasteiger partial charge in [-0.3, -0.25) is 9.90 Å². The average molecular weight is 463 g/mol. The highest BCUT2D eigenvalue weighted by atomic mass is 35.5. The van der Waals surface area contributed by atoms with Gasteiger partial charge in [-0.2, -0.15) is 4.98 Å². The summed E-state index contributed by atoms with van der Waals surface area (Å²) >= 11 is 6.25. The first-order valence-electron chi connectivity index (χ1n) is 9.91. The Kier molecular flexibility index (Phi) is 4.97. The minimum Gasteiger partial charge on any atom is -0.329 e. The third-order valence-corrected chi connectivity index (χ3v) is 7.02. The number of rotatable bonds is 4. The first kappa shape index (κ1) is 20.6. The maximum absolute atomic E-state index is 12.1. The van der Waals surface area contributed by atoms with Gasteiger partial charge < -0.3 is 9.46 Å². The minimum atomic E-state index is -2.78. The van der Waals surface area contributed by atoms with Crippen LogP contribution in [0.2, 0.25) is 5.02 Å². The number of halogens is 1. The third-order valence-electron chi connectivity index (χ3n) is 5.46. The van der Waals surface area contributed by atoms with Crippen molar-refractivity contribution in [2.24, 2.45) is 5.50 Å². The lowest BCUT2D eigenvalue weighted by molar-refractivity contribution is 0.586. The molecular formula is C23H20ClN6OP. The number of aromatic nitrogens is 4. The average Bonchev–Trinajstić information content (AvgIpc) is 3.26. The SMILES string of the molecule is CN(c1cccc(-c2ccc(P(C)(N)=O)cc2)c1)c1nc2nncn2c2cc(Cl)ccc12. The Morgan fingerprint density at radius 1 is 1.03 bits per heavy atom. The van der Waals surface area contributed by atoms with Crippen LogP contribution in [0, 0.1) is 0 Å². The predicted molar refractivity (Wildman–Crippen MR) is 131 cm³/mol. The summed E-state index contributed by atoms with van der Waals surface area (Å²) in [5.74, 6) is 1.25. The van der Waals surface area contributed by atoms with Crippen molar-refractivity contribution >= 4 is 52.4 Å². The summed E-state index contributed by atoms with van der Waals surface area (Å²) < 4.78 is 13.9. The van der Waals surface area contributed by atoms with Crippen LogP contribution in [0.15, 0.2) is 73.1 Å². The molecule has 160 valence electrons. The summed E-state index contributed by atoms with van der Waals surface area (Å²) in [7, 11) is -0.810. The van der Waals surface area contributed by atoms with Gasteiger partial charge in [0.15, 0.2) is 7.29 Å². The van der Waals surface area contributed by atoms with Crippen LogP contribution in [0.4, 0.5) is 11.5 Å². The topological polar surface area (TPSA) is 89.4 Å². The molecule has 0 spiro atoms. The number of nitrogens with zero attached hydrogens (tertiary/aromatic N) is 5. The molecule has 2 heterocycles. The van der Waals surface area contributed by atoms with Gasteiger partial charge in [0.25, 0.3) is 5.78 Å². The van der Waals surface area contributed by atoms with Crippen LogP contribution in [0.5, 0.6) is 0 Å². The normalized spacial score (nSPS) is 13.4. The Morgan fingerprint density at radius 2 is 1.81 bits per heavy atom. The van der Waals surface area contributed by atoms with Crippen molar-refractivity contribution in [1.82, 2.24) is 19.6 Å². The Labute approximate surface area is 189 Å². The first-order chi connectivity index (χ1) is 15.3. The van der Waals surface area contributed by atoms with Crippen molar-refractivity contribution < 1.29 is 4.57 Å². The molecule has 9 heteroatoms. The zero-order valence-electron chi connectivity index (χ0n) is 17.5. The van der Waals surface area contributed by atoms with Crippen LogP contribution in [0.1, 0.15) is 0 Å². The number of hydrogen-bond acceptors (Lipinski definition) is 5. The summed E-state index contributed by atoms with van der Waals surface area (Å²) in [4.78, 5) is 6.75. The minimum absolute atomic E-state index is 0.499. The Hall–Kier alpha value is -3.25. The largest absolute Gasteiger partial charge is 0.329 e. The molecule has 5 aromatic rings. The van der Waals surface area contributed by atoms with Crippen LogP contribution in [-0.2, 0) is 4.57 Å². The first-order valence-corrected chi connectivity index (χ1v) is 12.5. The van der Waals surface area contributed by atoms with Gasteiger partial charge in [-0.25, -0.2) is 0 Å². The van der Waals surface area contributed by atoms with E-state index in [0.717, 1.165) is 33.5 Å². The molecule has 0 fully saturated rings. The molecule has 0 radical (unpaired) electrons. The molecule has 2 N–H and O–H groups in total. The van der Waals surface area contributed by atoms with Gasteiger partial charge in [0, 0.05) is 35.1 Å². The number of fused-ring (bicyclic) bond motifs is 3. The molecule has 1 unspecified atom stereocenters. The predicted octanol–water partition coefficient (Wildman–Crippen LogP) is 4.86. The van der Waals surface area contributed by atoms with Crippen LogP contribution in [-0.4, -0.2) is 33.3 Å². The molecule has 0 aliphatic rings. The zero-order valence-corrected chi connectivity index (χ0v) is 19.1. The lowest BCUT2D eigenvalue weighted by Crippen LogP contribution is -2.13. The fourth-order valence-electron chi connectivity index (χ4n) is 3.75. The van der Waals surface area contributed by atoms with Gasteiger partial charge in [-0.15, -0.1) is 10.2 Å². The van der Waals surface area contributed by atoms with E-state index in [9.17, 15) is 4.57 Å². The second kappa shape index (κ2) is 7.71. The lowest BCUT2D eigenvalue weighted by Gasteiger charge is -2.21. The van der Waals surface area contributed by atoms with E-state index in [1.165, 1.54) is 0 Å². The standard InChI is InChI=1S/C23H20ClN6OP/c1-29(22-20-11-8-17(24)13-21(20)30-14-26-28-23(30)27-22)18-5-3-4-16(12-18)15-6-9-19(10-7-15)32(2,25)31/h3-14H,1-2H3,(H2,25,31). The molecule has 7 nitrogen and oxygen atoms in total. The molecule has 5 rings (SSSR count). The van der Waals surface area contributed by atoms with Crippen molar-refractivity contribution in [1.29, 1.82) is 0 Å². The van der Waals surface area contributed by atoms with E-state index in [-0.39, 0.29) is 0 Å². The molecule has 0 aliphatic carbocycles. The summed E-state index contributed by atoms with van der Waals surface area (Å²) in [6, 6.07) is 21.4. The molecule has 2 aromatic heterocycles. The molecule has 0 amide bonds. The summed E-state index contributed by atoms with van der Waals surface area (Å²) in [5.41, 5.74) is 9.66. The molecule has 0 saturated carbocycles. The molecule has 0 bridgehead atoms. The monoisotopic (exact) mass is 462 g/mol. The number of anilines is 2. The zero-order chi connectivity index (χ0) is 22.5. The number of benzene rings is 3. The van der Waals surface area contributed by atoms with Crippen LogP contribution < -0.4 is 15.7 Å². The van der Waals surface area contributed by atoms with E-state index in [1.807, 2.05) is 77.0 Å². The van der Waals surface area contributed by atoms with E-state index in [1.54, 1.807) is 13.0 Å². The highest BCUT2D eigenvalue weighted by Crippen LogP contribution is 2.34. The van der Waals surface area contributed by atoms with Gasteiger partial charge >= 0.3 is 0 Å². The van der Waals surface area contributed by atoms with Crippen molar-refractivity contribution in [2.75, 3.05) is 18.6 Å². The quantitative estimate of drug-likeness (QED) is 0.384. The molecule has 0 saturated heterocycles. The van der Waals surface area contributed by atoms with E-state index in [0.29, 0.717) is 16.1 Å². The van der Waals surface area contributed by atoms with E-state index in [2.05, 4.69) is 16.3 Å². The van der Waals surface area contributed by atoms with E-state index < -0.39 is 7.29 Å². The summed E-state index contributed by atoms with van der Waals surface area (Å²) in [5, 5.41) is 10.3. The molecule has 0 aliphatic heterocycles. The van der Waals surface area contributed by atoms with Gasteiger partial charge in [0.2, 0.25) is 0 Å². The van der Waals surface area contributed by atoms with Crippen molar-refractivity contribution in [3.8, 4) is 11.1 Å². The molecule has 3 aromatic carbocycles. The van der Waals surface area contributed by atoms with Gasteiger partial charge in [-0.1, -0.05) is 35.9 Å². The van der Waals surface area contributed by atoms with Crippen LogP contribution in [0.3, 0.4) is 0 Å². The fourth-order valence-corrected chi connectivity index (χ4v) is 4.65. The van der Waals surface area contributed by atoms with Crippen molar-refractivity contribution in [3.05, 3.63) is 78.1 Å². The van der Waals surface area contributed by atoms with Gasteiger partial charge in [0.05, 0.1) is 5.52 Å².